The number of nitrogens with zero attached hydrogens (tertiary/aromatic N) is 1. The summed E-state index contributed by atoms with van der Waals surface area (Å²) in [5, 5.41) is 8.13. The Labute approximate surface area is 134 Å². The highest BCUT2D eigenvalue weighted by Crippen LogP contribution is 2.41. The van der Waals surface area contributed by atoms with Crippen molar-refractivity contribution in [2.45, 2.75) is 25.3 Å². The molecule has 2 aromatic carbocycles. The number of rotatable bonds is 5. The first-order valence-corrected chi connectivity index (χ1v) is 7.99. The molecule has 116 valence electrons. The summed E-state index contributed by atoms with van der Waals surface area (Å²) in [4.78, 5) is 12.5. The fourth-order valence-corrected chi connectivity index (χ4v) is 3.01. The van der Waals surface area contributed by atoms with Gasteiger partial charge in [0.05, 0.1) is 12.5 Å². The molecule has 1 aliphatic carbocycles. The van der Waals surface area contributed by atoms with Gasteiger partial charge in [-0.15, -0.1) is 0 Å². The Bertz CT molecular complexity index is 822. The molecule has 23 heavy (non-hydrogen) atoms. The Morgan fingerprint density at radius 3 is 2.65 bits per heavy atom. The Morgan fingerprint density at radius 1 is 1.13 bits per heavy atom. The van der Waals surface area contributed by atoms with E-state index in [1.165, 1.54) is 18.4 Å². The van der Waals surface area contributed by atoms with E-state index < -0.39 is 0 Å². The minimum Gasteiger partial charge on any atom is -0.356 e. The molecule has 0 aliphatic heterocycles. The first-order valence-electron chi connectivity index (χ1n) is 7.99. The smallest absolute Gasteiger partial charge is 0.226 e. The summed E-state index contributed by atoms with van der Waals surface area (Å²) in [5.74, 6) is 0.542. The number of para-hydroxylation sites is 1. The molecular formula is C19H18N2O2. The summed E-state index contributed by atoms with van der Waals surface area (Å²) in [7, 11) is 0. The van der Waals surface area contributed by atoms with E-state index in [0.717, 1.165) is 11.0 Å². The predicted octanol–water partition coefficient (Wildman–Crippen LogP) is 3.64. The van der Waals surface area contributed by atoms with Crippen molar-refractivity contribution >= 4 is 16.9 Å². The second-order valence-electron chi connectivity index (χ2n) is 6.10. The summed E-state index contributed by atoms with van der Waals surface area (Å²) in [6.45, 7) is 0. The molecule has 1 fully saturated rings. The SMILES string of the molecule is O=C(Cc1noc2ccccc12)NC(c1ccccc1)C1CC1. The number of aromatic nitrogens is 1. The van der Waals surface area contributed by atoms with Gasteiger partial charge < -0.3 is 9.84 Å². The molecule has 1 atom stereocenters. The van der Waals surface area contributed by atoms with E-state index >= 15 is 0 Å². The molecule has 4 nitrogen and oxygen atoms in total. The molecule has 3 aromatic rings. The van der Waals surface area contributed by atoms with Gasteiger partial charge >= 0.3 is 0 Å². The minimum absolute atomic E-state index is 0.00944. The van der Waals surface area contributed by atoms with E-state index in [1.54, 1.807) is 0 Å². The number of hydrogen-bond donors (Lipinski definition) is 1. The Morgan fingerprint density at radius 2 is 1.87 bits per heavy atom. The molecule has 0 bridgehead atoms. The maximum absolute atomic E-state index is 12.5. The number of hydrogen-bond acceptors (Lipinski definition) is 3. The fourth-order valence-electron chi connectivity index (χ4n) is 3.01. The molecule has 1 aliphatic rings. The van der Waals surface area contributed by atoms with E-state index in [2.05, 4.69) is 22.6 Å². The average Bonchev–Trinajstić information content (AvgIpc) is 3.36. The lowest BCUT2D eigenvalue weighted by molar-refractivity contribution is -0.121. The molecule has 0 radical (unpaired) electrons. The lowest BCUT2D eigenvalue weighted by Crippen LogP contribution is -2.31. The van der Waals surface area contributed by atoms with Gasteiger partial charge in [0.2, 0.25) is 5.91 Å². The largest absolute Gasteiger partial charge is 0.356 e. The van der Waals surface area contributed by atoms with Gasteiger partial charge in [-0.2, -0.15) is 0 Å². The van der Waals surface area contributed by atoms with Crippen molar-refractivity contribution in [2.24, 2.45) is 5.92 Å². The van der Waals surface area contributed by atoms with Crippen LogP contribution in [0.5, 0.6) is 0 Å². The first kappa shape index (κ1) is 14.0. The first-order chi connectivity index (χ1) is 11.3. The second-order valence-corrected chi connectivity index (χ2v) is 6.10. The van der Waals surface area contributed by atoms with Crippen LogP contribution in [0.15, 0.2) is 59.1 Å². The van der Waals surface area contributed by atoms with Crippen molar-refractivity contribution < 1.29 is 9.32 Å². The predicted molar refractivity (Wildman–Crippen MR) is 87.8 cm³/mol. The van der Waals surface area contributed by atoms with Gasteiger partial charge in [-0.05, 0) is 36.5 Å². The summed E-state index contributed by atoms with van der Waals surface area (Å²) in [6, 6.07) is 17.9. The molecule has 1 N–H and O–H groups in total. The van der Waals surface area contributed by atoms with Crippen molar-refractivity contribution in [3.05, 3.63) is 65.9 Å². The number of benzene rings is 2. The van der Waals surface area contributed by atoms with Gasteiger partial charge in [-0.1, -0.05) is 47.6 Å². The van der Waals surface area contributed by atoms with Gasteiger partial charge in [0.1, 0.15) is 5.69 Å². The third kappa shape index (κ3) is 2.97. The van der Waals surface area contributed by atoms with Crippen molar-refractivity contribution in [3.8, 4) is 0 Å². The Balaban J connectivity index is 1.50. The molecule has 0 saturated heterocycles. The maximum Gasteiger partial charge on any atom is 0.226 e. The van der Waals surface area contributed by atoms with Crippen molar-refractivity contribution in [2.75, 3.05) is 0 Å². The normalized spacial score (nSPS) is 15.5. The molecule has 1 amide bonds. The van der Waals surface area contributed by atoms with Gasteiger partial charge in [-0.3, -0.25) is 4.79 Å². The van der Waals surface area contributed by atoms with Gasteiger partial charge in [0, 0.05) is 5.39 Å². The summed E-state index contributed by atoms with van der Waals surface area (Å²) < 4.78 is 5.27. The lowest BCUT2D eigenvalue weighted by atomic mass is 10.0. The third-order valence-corrected chi connectivity index (χ3v) is 4.35. The highest BCUT2D eigenvalue weighted by molar-refractivity contribution is 5.86. The number of amides is 1. The topological polar surface area (TPSA) is 55.1 Å². The third-order valence-electron chi connectivity index (χ3n) is 4.35. The lowest BCUT2D eigenvalue weighted by Gasteiger charge is -2.18. The molecule has 0 spiro atoms. The van der Waals surface area contributed by atoms with Crippen molar-refractivity contribution in [1.29, 1.82) is 0 Å². The van der Waals surface area contributed by atoms with Crippen LogP contribution in [0.1, 0.15) is 30.1 Å². The molecule has 4 heteroatoms. The number of fused-ring (bicyclic) bond motifs is 1. The fraction of sp³-hybridized carbons (Fsp3) is 0.263. The van der Waals surface area contributed by atoms with Crippen LogP contribution in [0.4, 0.5) is 0 Å². The van der Waals surface area contributed by atoms with Gasteiger partial charge in [0.15, 0.2) is 5.58 Å². The van der Waals surface area contributed by atoms with Crippen LogP contribution < -0.4 is 5.32 Å². The number of carbonyl (C=O) groups is 1. The molecule has 1 saturated carbocycles. The van der Waals surface area contributed by atoms with E-state index in [4.69, 9.17) is 4.52 Å². The molecule has 4 rings (SSSR count). The average molecular weight is 306 g/mol. The van der Waals surface area contributed by atoms with Gasteiger partial charge in [0.25, 0.3) is 0 Å². The summed E-state index contributed by atoms with van der Waals surface area (Å²) in [5.41, 5.74) is 2.59. The Hall–Kier alpha value is -2.62. The van der Waals surface area contributed by atoms with Crippen LogP contribution in [0.25, 0.3) is 11.0 Å². The van der Waals surface area contributed by atoms with Crippen LogP contribution >= 0.6 is 0 Å². The van der Waals surface area contributed by atoms with Crippen LogP contribution in [-0.4, -0.2) is 11.1 Å². The molecule has 1 unspecified atom stereocenters. The molecule has 1 heterocycles. The van der Waals surface area contributed by atoms with E-state index in [0.29, 0.717) is 11.6 Å². The van der Waals surface area contributed by atoms with E-state index in [9.17, 15) is 4.79 Å². The van der Waals surface area contributed by atoms with Crippen LogP contribution in [0, 0.1) is 5.92 Å². The molecule has 1 aromatic heterocycles. The van der Waals surface area contributed by atoms with Gasteiger partial charge in [-0.25, -0.2) is 0 Å². The zero-order valence-corrected chi connectivity index (χ0v) is 12.7. The minimum atomic E-state index is -0.00944. The number of nitrogens with one attached hydrogen (secondary N) is 1. The zero-order chi connectivity index (χ0) is 15.6. The second kappa shape index (κ2) is 5.88. The van der Waals surface area contributed by atoms with Crippen LogP contribution in [0.2, 0.25) is 0 Å². The van der Waals surface area contributed by atoms with Crippen molar-refractivity contribution in [3.63, 3.8) is 0 Å². The monoisotopic (exact) mass is 306 g/mol. The summed E-state index contributed by atoms with van der Waals surface area (Å²) in [6.07, 6.45) is 2.59. The number of carbonyl (C=O) groups excluding carboxylic acids is 1. The zero-order valence-electron chi connectivity index (χ0n) is 12.7. The van der Waals surface area contributed by atoms with Crippen molar-refractivity contribution in [1.82, 2.24) is 10.5 Å². The Kier molecular flexibility index (Phi) is 3.58. The van der Waals surface area contributed by atoms with E-state index in [1.807, 2.05) is 42.5 Å². The van der Waals surface area contributed by atoms with Crippen LogP contribution in [0.3, 0.4) is 0 Å². The standard InChI is InChI=1S/C19H18N2O2/c22-18(12-16-15-8-4-5-9-17(15)23-21-16)20-19(14-10-11-14)13-6-2-1-3-7-13/h1-9,14,19H,10-12H2,(H,20,22). The highest BCUT2D eigenvalue weighted by atomic mass is 16.5. The maximum atomic E-state index is 12.5. The summed E-state index contributed by atoms with van der Waals surface area (Å²) >= 11 is 0. The van der Waals surface area contributed by atoms with Crippen LogP contribution in [-0.2, 0) is 11.2 Å². The molecular weight excluding hydrogens is 288 g/mol. The quantitative estimate of drug-likeness (QED) is 0.783. The van der Waals surface area contributed by atoms with E-state index in [-0.39, 0.29) is 18.4 Å². The highest BCUT2D eigenvalue weighted by Gasteiger charge is 2.33.